The van der Waals surface area contributed by atoms with Crippen molar-refractivity contribution in [3.63, 3.8) is 0 Å². The minimum Gasteiger partial charge on any atom is -0.474 e. The molecule has 6 aliphatic rings. The molecule has 3 atom stereocenters. The normalized spacial score (nSPS) is 16.2. The van der Waals surface area contributed by atoms with E-state index < -0.39 is 17.8 Å². The first-order valence-corrected chi connectivity index (χ1v) is 45.5. The summed E-state index contributed by atoms with van der Waals surface area (Å²) >= 11 is 0. The van der Waals surface area contributed by atoms with Crippen LogP contribution in [0.3, 0.4) is 0 Å². The predicted octanol–water partition coefficient (Wildman–Crippen LogP) is 10.9. The van der Waals surface area contributed by atoms with Crippen molar-refractivity contribution in [3.05, 3.63) is 126 Å². The largest absolute Gasteiger partial charge is 0.474 e. The highest BCUT2D eigenvalue weighted by atomic mass is 16.5. The Balaban J connectivity index is 0.000000241. The van der Waals surface area contributed by atoms with E-state index in [0.717, 1.165) is 178 Å². The van der Waals surface area contributed by atoms with E-state index in [2.05, 4.69) is 118 Å². The van der Waals surface area contributed by atoms with Gasteiger partial charge in [0, 0.05) is 76.4 Å². The predicted molar refractivity (Wildman–Crippen MR) is 482 cm³/mol. The molecule has 0 aromatic carbocycles. The van der Waals surface area contributed by atoms with Crippen LogP contribution in [0.1, 0.15) is 335 Å². The number of piperidine rings is 5. The number of aliphatic hydroxyl groups excluding tert-OH is 2. The number of aliphatic hydroxyl groups is 2. The number of carbonyl (C=O) groups is 9. The number of nitrogen functional groups attached to an aromatic ring is 1. The first-order chi connectivity index (χ1) is 60.5. The van der Waals surface area contributed by atoms with E-state index >= 15 is 0 Å². The van der Waals surface area contributed by atoms with Gasteiger partial charge in [0.2, 0.25) is 5.90 Å². The Bertz CT molecular complexity index is 4380. The number of aliphatic imine (C=N–C) groups is 1. The minimum absolute atomic E-state index is 0.0110. The monoisotopic (exact) mass is 1760 g/mol. The first kappa shape index (κ1) is 105. The standard InChI is InChI=1S/C20H32N4O3.C20H30N4O2.C16H23N3O3.C15H20N6O2.C15H23N5O2.C5H13NO/c1-13(2)10-15-11-16(20(27)24-8-6-5-7-9-24)22-23-18(15)19(26)21-17(12-25)14(3)4;1-13(2)10-15-11-16(20(25)24-8-6-5-7-9-24)22-23-18(15)19-21-17(12-26-19)14(3)4;1-11(2)9-12-10-13(17-18-14(12)16(21)22-3)15(20)19-7-5-4-6-8-19;1-10(2)8-11-9-12(15(23)21-6-4-3-5-7-21)17-18-13(11)14(22)19-20-16;1-10(2)8-11-9-12(18-19-13(11)14(21)17-16)15(22)20-6-4-3-5-7-20;1-4(2)5(6)3-7/h11,13-14,17,25H,5-10,12H2,1-4H3,(H,21,26);11,13-14,17H,5-10,12H2,1-4H3;10-11H,4-9H2,1-3H3;9-10H,3-8H2,1-2H3;9-10H,3-8,16H2,1-2H3,(H,17,21);4-5,7H,3,6H2,1-2H3/t2*17-;;;;5-/m11...1/s1. The topological polar surface area (TPSA) is 495 Å². The molecular weight excluding hydrogens is 1620 g/mol. The third-order valence-corrected chi connectivity index (χ3v) is 22.1. The molecule has 8 amide bonds. The molecule has 5 fully saturated rings. The number of amides is 8. The van der Waals surface area contributed by atoms with E-state index in [-0.39, 0.29) is 107 Å². The van der Waals surface area contributed by atoms with Crippen LogP contribution in [0.2, 0.25) is 0 Å². The third-order valence-electron chi connectivity index (χ3n) is 22.1. The fraction of sp³-hybridized carbons (Fsp3) is 0.670. The number of nitrogens with zero attached hydrogens (tertiary/aromatic N) is 19. The molecule has 6 aliphatic heterocycles. The number of hydrogen-bond donors (Lipinski definition) is 6. The number of likely N-dealkylation sites (tertiary alicyclic amines) is 5. The summed E-state index contributed by atoms with van der Waals surface area (Å²) in [6.45, 7) is 40.8. The van der Waals surface area contributed by atoms with Gasteiger partial charge in [-0.3, -0.25) is 43.8 Å². The molecule has 11 rings (SSSR count). The zero-order valence-corrected chi connectivity index (χ0v) is 78.1. The van der Waals surface area contributed by atoms with Crippen LogP contribution in [0.15, 0.2) is 40.4 Å². The molecule has 5 aromatic rings. The summed E-state index contributed by atoms with van der Waals surface area (Å²) in [7, 11) is 1.32. The SMILES string of the molecule is CC(C)Cc1cc(C(=O)N2CCCCC2)nnc1C(=O)N=[N+]=[N-].CC(C)Cc1cc(C(=O)N2CCCCC2)nnc1C(=O)NN.CC(C)Cc1cc(C(=O)N2CCCCC2)nnc1C(=O)N[C@H](CO)C(C)C.CC(C)Cc1cc(C(=O)N2CCCCC2)nnc1C1=N[C@@H](C(C)C)CO1.CC(C)[C@H](N)CO.COC(=O)c1nnc(C(=O)N2CCCCC2)cc1CC(C)C. The number of hydrazine groups is 1. The average molecular weight is 1770 g/mol. The molecule has 0 saturated carbocycles. The molecule has 8 N–H and O–H groups in total. The molecule has 36 nitrogen and oxygen atoms in total. The number of nitrogens with one attached hydrogen (secondary N) is 2. The van der Waals surface area contributed by atoms with E-state index in [1.54, 1.807) is 34.1 Å². The second kappa shape index (κ2) is 53.9. The van der Waals surface area contributed by atoms with E-state index in [0.29, 0.717) is 113 Å². The summed E-state index contributed by atoms with van der Waals surface area (Å²) < 4.78 is 10.5. The summed E-state index contributed by atoms with van der Waals surface area (Å²) in [6.07, 6.45) is 19.3. The highest BCUT2D eigenvalue weighted by Gasteiger charge is 2.32. The van der Waals surface area contributed by atoms with Crippen molar-refractivity contribution in [2.45, 2.75) is 257 Å². The second-order valence-electron chi connectivity index (χ2n) is 36.4. The van der Waals surface area contributed by atoms with Gasteiger partial charge in [0.15, 0.2) is 51.2 Å². The van der Waals surface area contributed by atoms with Crippen LogP contribution in [-0.2, 0) is 41.6 Å². The maximum absolute atomic E-state index is 12.8. The van der Waals surface area contributed by atoms with Crippen molar-refractivity contribution in [3.8, 4) is 0 Å². The van der Waals surface area contributed by atoms with Crippen molar-refractivity contribution < 1.29 is 62.8 Å². The van der Waals surface area contributed by atoms with Crippen LogP contribution in [0.4, 0.5) is 0 Å². The average Bonchev–Trinajstić information content (AvgIpc) is 1.65. The molecule has 127 heavy (non-hydrogen) atoms. The van der Waals surface area contributed by atoms with Crippen LogP contribution >= 0.6 is 0 Å². The molecule has 5 saturated heterocycles. The van der Waals surface area contributed by atoms with E-state index in [1.807, 2.05) is 90.0 Å². The molecule has 5 aromatic heterocycles. The molecule has 0 unspecified atom stereocenters. The second-order valence-corrected chi connectivity index (χ2v) is 36.4. The first-order valence-electron chi connectivity index (χ1n) is 45.5. The van der Waals surface area contributed by atoms with Crippen molar-refractivity contribution in [2.75, 3.05) is 92.4 Å². The quantitative estimate of drug-likeness (QED) is 0.00569. The van der Waals surface area contributed by atoms with Gasteiger partial charge in [-0.15, -0.1) is 51.0 Å². The molecule has 11 heterocycles. The van der Waals surface area contributed by atoms with Gasteiger partial charge < -0.3 is 55.2 Å². The zero-order valence-electron chi connectivity index (χ0n) is 78.1. The molecule has 0 aliphatic carbocycles. The Morgan fingerprint density at radius 1 is 0.441 bits per heavy atom. The summed E-state index contributed by atoms with van der Waals surface area (Å²) in [5.41, 5.74) is 22.5. The summed E-state index contributed by atoms with van der Waals surface area (Å²) in [5, 5.41) is 64.0. The maximum Gasteiger partial charge on any atom is 0.358 e. The van der Waals surface area contributed by atoms with Gasteiger partial charge in [0.1, 0.15) is 12.3 Å². The van der Waals surface area contributed by atoms with E-state index in [1.165, 1.54) is 13.5 Å². The third kappa shape index (κ3) is 33.6. The summed E-state index contributed by atoms with van der Waals surface area (Å²) in [6, 6.07) is 8.35. The smallest absolute Gasteiger partial charge is 0.358 e. The van der Waals surface area contributed by atoms with Gasteiger partial charge in [0.25, 0.3) is 47.3 Å². The van der Waals surface area contributed by atoms with Gasteiger partial charge in [-0.25, -0.2) is 15.6 Å². The minimum atomic E-state index is -0.771. The Morgan fingerprint density at radius 2 is 0.748 bits per heavy atom. The van der Waals surface area contributed by atoms with Gasteiger partial charge >= 0.3 is 5.97 Å². The Morgan fingerprint density at radius 3 is 1.03 bits per heavy atom. The van der Waals surface area contributed by atoms with Crippen molar-refractivity contribution >= 4 is 59.1 Å². The van der Waals surface area contributed by atoms with Crippen molar-refractivity contribution in [1.29, 1.82) is 0 Å². The number of hydrogen-bond acceptors (Lipinski definition) is 26. The van der Waals surface area contributed by atoms with Gasteiger partial charge in [-0.2, -0.15) is 0 Å². The maximum atomic E-state index is 12.8. The molecule has 0 radical (unpaired) electrons. The van der Waals surface area contributed by atoms with Crippen LogP contribution in [0.25, 0.3) is 10.4 Å². The number of esters is 1. The van der Waals surface area contributed by atoms with Crippen molar-refractivity contribution in [2.24, 2.45) is 69.0 Å². The lowest BCUT2D eigenvalue weighted by molar-refractivity contribution is 0.0587. The van der Waals surface area contributed by atoms with E-state index in [4.69, 9.17) is 31.7 Å². The fourth-order valence-electron chi connectivity index (χ4n) is 14.8. The van der Waals surface area contributed by atoms with Crippen LogP contribution in [-0.4, -0.2) is 255 Å². The number of carbonyl (C=O) groups excluding carboxylic acids is 9. The highest BCUT2D eigenvalue weighted by Crippen LogP contribution is 2.26. The number of azide groups is 1. The molecule has 698 valence electrons. The Labute approximate surface area is 748 Å². The van der Waals surface area contributed by atoms with Crippen LogP contribution in [0.5, 0.6) is 0 Å². The summed E-state index contributed by atoms with van der Waals surface area (Å²) in [5.74, 6) is 5.70. The number of nitrogens with two attached hydrogens (primary N) is 2. The molecule has 36 heteroatoms. The van der Waals surface area contributed by atoms with Crippen LogP contribution < -0.4 is 22.3 Å². The molecular formula is C91H141N23O13. The lowest BCUT2D eigenvalue weighted by Gasteiger charge is -2.26. The highest BCUT2D eigenvalue weighted by molar-refractivity contribution is 6.00. The lowest BCUT2D eigenvalue weighted by atomic mass is 9.99. The molecule has 0 spiro atoms. The fourth-order valence-corrected chi connectivity index (χ4v) is 14.8. The Hall–Kier alpha value is -10.5. The zero-order chi connectivity index (χ0) is 93.6. The van der Waals surface area contributed by atoms with Crippen molar-refractivity contribution in [1.82, 2.24) is 86.2 Å². The van der Waals surface area contributed by atoms with E-state index in [9.17, 15) is 48.3 Å². The van der Waals surface area contributed by atoms with Gasteiger partial charge in [-0.05, 0) is 245 Å². The lowest BCUT2D eigenvalue weighted by Crippen LogP contribution is -2.42. The number of ether oxygens (including phenoxy) is 2. The number of rotatable bonds is 26. The van der Waals surface area contributed by atoms with Gasteiger partial charge in [-0.1, -0.05) is 111 Å². The van der Waals surface area contributed by atoms with Gasteiger partial charge in [0.05, 0.1) is 32.4 Å². The number of aromatic nitrogens is 10. The number of methoxy groups -OCH3 is 1. The Kier molecular flexibility index (Phi) is 44.7. The summed E-state index contributed by atoms with van der Waals surface area (Å²) in [4.78, 5) is 127. The van der Waals surface area contributed by atoms with Crippen LogP contribution in [0, 0.1) is 47.3 Å². The molecule has 0 bridgehead atoms.